The highest BCUT2D eigenvalue weighted by Gasteiger charge is 2.21. The molecule has 7 heteroatoms. The third-order valence-electron chi connectivity index (χ3n) is 4.46. The van der Waals surface area contributed by atoms with Crippen molar-refractivity contribution in [3.05, 3.63) is 64.7 Å². The normalized spacial score (nSPS) is 16.3. The largest absolute Gasteiger partial charge is 0.484 e. The molecule has 0 bridgehead atoms. The number of ether oxygens (including phenoxy) is 1. The van der Waals surface area contributed by atoms with Crippen molar-refractivity contribution in [2.45, 2.75) is 6.10 Å². The first-order valence-corrected chi connectivity index (χ1v) is 8.70. The lowest BCUT2D eigenvalue weighted by molar-refractivity contribution is -0.385. The van der Waals surface area contributed by atoms with E-state index >= 15 is 0 Å². The van der Waals surface area contributed by atoms with Gasteiger partial charge in [0.15, 0.2) is 5.75 Å². The zero-order valence-corrected chi connectivity index (χ0v) is 14.5. The molecule has 0 aliphatic carbocycles. The SMILES string of the molecule is O=[N+]([O-])c1ccccc1OCC(O)CN1CCN(c2ccccc2)CC1. The van der Waals surface area contributed by atoms with Crippen LogP contribution in [0.15, 0.2) is 54.6 Å². The number of piperazine rings is 1. The van der Waals surface area contributed by atoms with Crippen LogP contribution < -0.4 is 9.64 Å². The highest BCUT2D eigenvalue weighted by atomic mass is 16.6. The third kappa shape index (κ3) is 4.71. The lowest BCUT2D eigenvalue weighted by Gasteiger charge is -2.36. The molecule has 1 N–H and O–H groups in total. The smallest absolute Gasteiger partial charge is 0.310 e. The van der Waals surface area contributed by atoms with Gasteiger partial charge >= 0.3 is 5.69 Å². The van der Waals surface area contributed by atoms with Gasteiger partial charge in [-0.25, -0.2) is 0 Å². The zero-order chi connectivity index (χ0) is 18.4. The first-order chi connectivity index (χ1) is 12.6. The molecule has 2 aromatic rings. The van der Waals surface area contributed by atoms with Gasteiger partial charge in [0, 0.05) is 44.5 Å². The maximum Gasteiger partial charge on any atom is 0.310 e. The van der Waals surface area contributed by atoms with Gasteiger partial charge in [-0.1, -0.05) is 30.3 Å². The molecule has 1 aliphatic rings. The molecule has 1 heterocycles. The average Bonchev–Trinajstić information content (AvgIpc) is 2.68. The zero-order valence-electron chi connectivity index (χ0n) is 14.5. The van der Waals surface area contributed by atoms with Crippen LogP contribution in [0, 0.1) is 10.1 Å². The van der Waals surface area contributed by atoms with E-state index in [4.69, 9.17) is 4.74 Å². The summed E-state index contributed by atoms with van der Waals surface area (Å²) in [6.07, 6.45) is -0.696. The number of rotatable bonds is 7. The fourth-order valence-corrected chi connectivity index (χ4v) is 3.09. The molecule has 1 atom stereocenters. The predicted octanol–water partition coefficient (Wildman–Crippen LogP) is 2.16. The highest BCUT2D eigenvalue weighted by molar-refractivity contribution is 5.46. The number of aliphatic hydroxyl groups is 1. The van der Waals surface area contributed by atoms with Crippen molar-refractivity contribution in [1.82, 2.24) is 4.90 Å². The van der Waals surface area contributed by atoms with Crippen LogP contribution in [0.3, 0.4) is 0 Å². The fourth-order valence-electron chi connectivity index (χ4n) is 3.09. The van der Waals surface area contributed by atoms with E-state index in [1.807, 2.05) is 18.2 Å². The van der Waals surface area contributed by atoms with Gasteiger partial charge < -0.3 is 14.7 Å². The molecule has 0 saturated carbocycles. The minimum absolute atomic E-state index is 0.0315. The van der Waals surface area contributed by atoms with Crippen molar-refractivity contribution in [2.24, 2.45) is 0 Å². The van der Waals surface area contributed by atoms with Crippen molar-refractivity contribution >= 4 is 11.4 Å². The van der Waals surface area contributed by atoms with Gasteiger partial charge in [-0.2, -0.15) is 0 Å². The summed E-state index contributed by atoms with van der Waals surface area (Å²) in [4.78, 5) is 15.0. The summed E-state index contributed by atoms with van der Waals surface area (Å²) < 4.78 is 5.46. The van der Waals surface area contributed by atoms with Crippen LogP contribution in [-0.2, 0) is 0 Å². The van der Waals surface area contributed by atoms with Crippen molar-refractivity contribution in [1.29, 1.82) is 0 Å². The topological polar surface area (TPSA) is 79.1 Å². The number of β-amino-alcohol motifs (C(OH)–C–C–N with tert-alkyl or cyclic N) is 1. The number of hydrogen-bond donors (Lipinski definition) is 1. The van der Waals surface area contributed by atoms with Gasteiger partial charge in [0.25, 0.3) is 0 Å². The molecule has 0 radical (unpaired) electrons. The van der Waals surface area contributed by atoms with Crippen molar-refractivity contribution in [2.75, 3.05) is 44.2 Å². The molecule has 1 saturated heterocycles. The maximum absolute atomic E-state index is 11.0. The summed E-state index contributed by atoms with van der Waals surface area (Å²) in [5, 5.41) is 21.2. The van der Waals surface area contributed by atoms with Gasteiger partial charge in [0.05, 0.1) is 4.92 Å². The number of para-hydroxylation sites is 3. The van der Waals surface area contributed by atoms with Crippen LogP contribution in [0.25, 0.3) is 0 Å². The maximum atomic E-state index is 11.0. The van der Waals surface area contributed by atoms with Gasteiger partial charge in [-0.05, 0) is 18.2 Å². The van der Waals surface area contributed by atoms with E-state index in [2.05, 4.69) is 21.9 Å². The molecule has 1 aliphatic heterocycles. The number of nitrogens with zero attached hydrogens (tertiary/aromatic N) is 3. The standard InChI is InChI=1S/C19H23N3O4/c23-17(15-26-19-9-5-4-8-18(19)22(24)25)14-20-10-12-21(13-11-20)16-6-2-1-3-7-16/h1-9,17,23H,10-15H2. The Morgan fingerprint density at radius 3 is 2.38 bits per heavy atom. The minimum atomic E-state index is -0.696. The highest BCUT2D eigenvalue weighted by Crippen LogP contribution is 2.25. The molecule has 2 aromatic carbocycles. The van der Waals surface area contributed by atoms with Crippen LogP contribution in [0.1, 0.15) is 0 Å². The van der Waals surface area contributed by atoms with Crippen LogP contribution >= 0.6 is 0 Å². The molecule has 138 valence electrons. The monoisotopic (exact) mass is 357 g/mol. The number of nitro benzene ring substituents is 1. The molecular weight excluding hydrogens is 334 g/mol. The summed E-state index contributed by atoms with van der Waals surface area (Å²) >= 11 is 0. The molecule has 26 heavy (non-hydrogen) atoms. The van der Waals surface area contributed by atoms with E-state index in [1.54, 1.807) is 18.2 Å². The molecule has 0 spiro atoms. The Bertz CT molecular complexity index is 718. The van der Waals surface area contributed by atoms with E-state index in [0.29, 0.717) is 6.54 Å². The third-order valence-corrected chi connectivity index (χ3v) is 4.46. The van der Waals surface area contributed by atoms with Gasteiger partial charge in [-0.15, -0.1) is 0 Å². The van der Waals surface area contributed by atoms with E-state index in [1.165, 1.54) is 11.8 Å². The van der Waals surface area contributed by atoms with E-state index in [-0.39, 0.29) is 18.0 Å². The quantitative estimate of drug-likeness (QED) is 0.604. The Hall–Kier alpha value is -2.64. The summed E-state index contributed by atoms with van der Waals surface area (Å²) in [5.41, 5.74) is 1.13. The number of anilines is 1. The van der Waals surface area contributed by atoms with Gasteiger partial charge in [-0.3, -0.25) is 15.0 Å². The second-order valence-corrected chi connectivity index (χ2v) is 6.31. The van der Waals surface area contributed by atoms with Crippen molar-refractivity contribution in [3.8, 4) is 5.75 Å². The second kappa shape index (κ2) is 8.64. The van der Waals surface area contributed by atoms with Gasteiger partial charge in [0.1, 0.15) is 12.7 Å². The van der Waals surface area contributed by atoms with E-state index in [9.17, 15) is 15.2 Å². The molecule has 1 fully saturated rings. The summed E-state index contributed by atoms with van der Waals surface area (Å²) in [6, 6.07) is 16.5. The van der Waals surface area contributed by atoms with E-state index in [0.717, 1.165) is 26.2 Å². The van der Waals surface area contributed by atoms with Crippen LogP contribution in [0.5, 0.6) is 5.75 Å². The lowest BCUT2D eigenvalue weighted by Crippen LogP contribution is -2.49. The van der Waals surface area contributed by atoms with E-state index < -0.39 is 11.0 Å². The Morgan fingerprint density at radius 1 is 1.04 bits per heavy atom. The number of aliphatic hydroxyl groups excluding tert-OH is 1. The van der Waals surface area contributed by atoms with Gasteiger partial charge in [0.2, 0.25) is 0 Å². The number of nitro groups is 1. The summed E-state index contributed by atoms with van der Waals surface area (Å²) in [7, 11) is 0. The molecule has 1 unspecified atom stereocenters. The lowest BCUT2D eigenvalue weighted by atomic mass is 10.2. The van der Waals surface area contributed by atoms with Crippen molar-refractivity contribution < 1.29 is 14.8 Å². The molecule has 0 amide bonds. The van der Waals surface area contributed by atoms with Crippen LogP contribution in [-0.4, -0.2) is 60.4 Å². The molecule has 3 rings (SSSR count). The first kappa shape index (κ1) is 18.2. The summed E-state index contributed by atoms with van der Waals surface area (Å²) in [6.45, 7) is 4.05. The second-order valence-electron chi connectivity index (χ2n) is 6.31. The molecular formula is C19H23N3O4. The van der Waals surface area contributed by atoms with Crippen molar-refractivity contribution in [3.63, 3.8) is 0 Å². The molecule has 0 aromatic heterocycles. The first-order valence-electron chi connectivity index (χ1n) is 8.70. The Morgan fingerprint density at radius 2 is 1.69 bits per heavy atom. The Balaban J connectivity index is 1.45. The Labute approximate surface area is 152 Å². The minimum Gasteiger partial charge on any atom is -0.484 e. The molecule has 7 nitrogen and oxygen atoms in total. The number of benzene rings is 2. The predicted molar refractivity (Wildman–Crippen MR) is 99.7 cm³/mol. The average molecular weight is 357 g/mol. The Kier molecular flexibility index (Phi) is 6.04. The van der Waals surface area contributed by atoms with Crippen LogP contribution in [0.4, 0.5) is 11.4 Å². The summed E-state index contributed by atoms with van der Waals surface area (Å²) in [5.74, 6) is 0.186. The fraction of sp³-hybridized carbons (Fsp3) is 0.368. The number of hydrogen-bond acceptors (Lipinski definition) is 6. The van der Waals surface area contributed by atoms with Crippen LogP contribution in [0.2, 0.25) is 0 Å².